The Balaban J connectivity index is 3.27. The number of carbonyl (C=O) groups is 1. The first-order valence-corrected chi connectivity index (χ1v) is 5.93. The largest absolute Gasteiger partial charge is 0.364 e. The summed E-state index contributed by atoms with van der Waals surface area (Å²) in [6.45, 7) is 2.43. The highest BCUT2D eigenvalue weighted by Gasteiger charge is 2.16. The van der Waals surface area contributed by atoms with Crippen molar-refractivity contribution in [1.82, 2.24) is 4.57 Å². The predicted molar refractivity (Wildman–Crippen MR) is 54.6 cm³/mol. The Kier molecular flexibility index (Phi) is 3.15. The van der Waals surface area contributed by atoms with Gasteiger partial charge in [0.15, 0.2) is 0 Å². The molecule has 1 amide bonds. The van der Waals surface area contributed by atoms with E-state index in [9.17, 15) is 13.2 Å². The minimum Gasteiger partial charge on any atom is -0.364 e. The molecule has 0 unspecified atom stereocenters. The lowest BCUT2D eigenvalue weighted by atomic mass is 10.4. The van der Waals surface area contributed by atoms with Gasteiger partial charge < -0.3 is 10.3 Å². The number of aromatic nitrogens is 1. The minimum atomic E-state index is -3.78. The van der Waals surface area contributed by atoms with Crippen molar-refractivity contribution in [2.45, 2.75) is 24.8 Å². The highest BCUT2D eigenvalue weighted by molar-refractivity contribution is 7.89. The van der Waals surface area contributed by atoms with Crippen LogP contribution in [0.1, 0.15) is 23.8 Å². The van der Waals surface area contributed by atoms with E-state index in [1.165, 1.54) is 16.8 Å². The molecule has 0 bridgehead atoms. The Labute approximate surface area is 87.9 Å². The van der Waals surface area contributed by atoms with Crippen LogP contribution in [0.2, 0.25) is 0 Å². The number of amides is 1. The fourth-order valence-corrected chi connectivity index (χ4v) is 1.82. The Morgan fingerprint density at radius 2 is 2.13 bits per heavy atom. The molecule has 0 spiro atoms. The van der Waals surface area contributed by atoms with E-state index in [-0.39, 0.29) is 10.6 Å². The Hall–Kier alpha value is -1.34. The number of aryl methyl sites for hydroxylation is 1. The zero-order valence-electron chi connectivity index (χ0n) is 8.30. The second kappa shape index (κ2) is 4.03. The second-order valence-corrected chi connectivity index (χ2v) is 4.73. The summed E-state index contributed by atoms with van der Waals surface area (Å²) in [4.78, 5) is 10.9. The molecule has 0 aliphatic heterocycles. The minimum absolute atomic E-state index is 0.0928. The van der Waals surface area contributed by atoms with Crippen molar-refractivity contribution in [1.29, 1.82) is 0 Å². The topological polar surface area (TPSA) is 108 Å². The van der Waals surface area contributed by atoms with Gasteiger partial charge in [0, 0.05) is 12.7 Å². The maximum absolute atomic E-state index is 11.0. The molecule has 1 heterocycles. The van der Waals surface area contributed by atoms with Crippen LogP contribution < -0.4 is 10.9 Å². The molecule has 7 heteroatoms. The fourth-order valence-electron chi connectivity index (χ4n) is 1.27. The van der Waals surface area contributed by atoms with Gasteiger partial charge in [0.1, 0.15) is 10.6 Å². The monoisotopic (exact) mass is 231 g/mol. The maximum atomic E-state index is 11.0. The van der Waals surface area contributed by atoms with Crippen molar-refractivity contribution in [3.63, 3.8) is 0 Å². The van der Waals surface area contributed by atoms with Crippen LogP contribution >= 0.6 is 0 Å². The van der Waals surface area contributed by atoms with Crippen molar-refractivity contribution in [2.24, 2.45) is 10.9 Å². The molecule has 0 saturated heterocycles. The third kappa shape index (κ3) is 2.57. The van der Waals surface area contributed by atoms with E-state index >= 15 is 0 Å². The highest BCUT2D eigenvalue weighted by Crippen LogP contribution is 2.13. The van der Waals surface area contributed by atoms with Crippen LogP contribution in [0.5, 0.6) is 0 Å². The summed E-state index contributed by atoms with van der Waals surface area (Å²) >= 11 is 0. The molecule has 1 rings (SSSR count). The van der Waals surface area contributed by atoms with Crippen LogP contribution in [0.15, 0.2) is 17.2 Å². The Morgan fingerprint density at radius 3 is 2.53 bits per heavy atom. The molecule has 1 aromatic heterocycles. The van der Waals surface area contributed by atoms with E-state index in [2.05, 4.69) is 0 Å². The summed E-state index contributed by atoms with van der Waals surface area (Å²) in [6, 6.07) is 1.19. The van der Waals surface area contributed by atoms with Crippen LogP contribution in [-0.2, 0) is 16.6 Å². The van der Waals surface area contributed by atoms with Gasteiger partial charge in [-0.2, -0.15) is 0 Å². The average molecular weight is 231 g/mol. The summed E-state index contributed by atoms with van der Waals surface area (Å²) < 4.78 is 23.6. The summed E-state index contributed by atoms with van der Waals surface area (Å²) in [5, 5.41) is 4.94. The van der Waals surface area contributed by atoms with Gasteiger partial charge in [-0.1, -0.05) is 6.92 Å². The number of nitrogens with zero attached hydrogens (tertiary/aromatic N) is 1. The third-order valence-corrected chi connectivity index (χ3v) is 2.80. The molecule has 0 atom stereocenters. The zero-order chi connectivity index (χ0) is 11.6. The molecular weight excluding hydrogens is 218 g/mol. The lowest BCUT2D eigenvalue weighted by Gasteiger charge is -2.02. The van der Waals surface area contributed by atoms with Crippen molar-refractivity contribution in [3.8, 4) is 0 Å². The van der Waals surface area contributed by atoms with Crippen molar-refractivity contribution < 1.29 is 13.2 Å². The summed E-state index contributed by atoms with van der Waals surface area (Å²) in [5.74, 6) is -0.668. The van der Waals surface area contributed by atoms with Crippen LogP contribution in [0.3, 0.4) is 0 Å². The number of rotatable bonds is 4. The van der Waals surface area contributed by atoms with Gasteiger partial charge in [0.2, 0.25) is 10.0 Å². The zero-order valence-corrected chi connectivity index (χ0v) is 9.12. The maximum Gasteiger partial charge on any atom is 0.265 e. The lowest BCUT2D eigenvalue weighted by molar-refractivity contribution is 0.0991. The number of sulfonamides is 1. The second-order valence-electron chi connectivity index (χ2n) is 3.16. The molecule has 0 saturated carbocycles. The fraction of sp³-hybridized carbons (Fsp3) is 0.375. The summed E-state index contributed by atoms with van der Waals surface area (Å²) in [7, 11) is -3.78. The standard InChI is InChI=1S/C8H13N3O3S/c1-2-3-11-5-6(15(10,13)14)4-7(11)8(9)12/h4-5H,2-3H2,1H3,(H2,9,12)(H2,10,13,14). The van der Waals surface area contributed by atoms with Gasteiger partial charge in [-0.15, -0.1) is 0 Å². The third-order valence-electron chi connectivity index (χ3n) is 1.92. The van der Waals surface area contributed by atoms with E-state index in [0.29, 0.717) is 6.54 Å². The molecule has 1 aromatic rings. The number of primary sulfonamides is 1. The van der Waals surface area contributed by atoms with Crippen molar-refractivity contribution >= 4 is 15.9 Å². The highest BCUT2D eigenvalue weighted by atomic mass is 32.2. The first kappa shape index (κ1) is 11.7. The quantitative estimate of drug-likeness (QED) is 0.738. The van der Waals surface area contributed by atoms with Gasteiger partial charge in [-0.3, -0.25) is 4.79 Å². The van der Waals surface area contributed by atoms with Crippen molar-refractivity contribution in [3.05, 3.63) is 18.0 Å². The predicted octanol–water partition coefficient (Wildman–Crippen LogP) is -0.356. The summed E-state index contributed by atoms with van der Waals surface area (Å²) in [6.07, 6.45) is 2.08. The van der Waals surface area contributed by atoms with Crippen LogP contribution in [-0.4, -0.2) is 18.9 Å². The van der Waals surface area contributed by atoms with E-state index in [0.717, 1.165) is 6.42 Å². The first-order chi connectivity index (χ1) is 6.86. The Morgan fingerprint density at radius 1 is 1.53 bits per heavy atom. The Bertz CT molecular complexity index is 475. The molecule has 0 fully saturated rings. The lowest BCUT2D eigenvalue weighted by Crippen LogP contribution is -2.16. The van der Waals surface area contributed by atoms with Crippen molar-refractivity contribution in [2.75, 3.05) is 0 Å². The van der Waals surface area contributed by atoms with Gasteiger partial charge in [-0.05, 0) is 12.5 Å². The van der Waals surface area contributed by atoms with E-state index < -0.39 is 15.9 Å². The summed E-state index contributed by atoms with van der Waals surface area (Å²) in [5.41, 5.74) is 5.26. The molecule has 15 heavy (non-hydrogen) atoms. The molecule has 84 valence electrons. The van der Waals surface area contributed by atoms with Crippen LogP contribution in [0.4, 0.5) is 0 Å². The number of nitrogens with two attached hydrogens (primary N) is 2. The van der Waals surface area contributed by atoms with Crippen LogP contribution in [0, 0.1) is 0 Å². The van der Waals surface area contributed by atoms with Gasteiger partial charge in [0.25, 0.3) is 5.91 Å². The molecule has 0 aliphatic rings. The molecular formula is C8H13N3O3S. The van der Waals surface area contributed by atoms with E-state index in [1.807, 2.05) is 6.92 Å². The number of carbonyl (C=O) groups excluding carboxylic acids is 1. The first-order valence-electron chi connectivity index (χ1n) is 4.39. The average Bonchev–Trinajstić information content (AvgIpc) is 2.48. The van der Waals surface area contributed by atoms with Gasteiger partial charge in [-0.25, -0.2) is 13.6 Å². The molecule has 4 N–H and O–H groups in total. The van der Waals surface area contributed by atoms with Gasteiger partial charge in [0.05, 0.1) is 0 Å². The number of hydrogen-bond donors (Lipinski definition) is 2. The van der Waals surface area contributed by atoms with Crippen LogP contribution in [0.25, 0.3) is 0 Å². The van der Waals surface area contributed by atoms with E-state index in [4.69, 9.17) is 10.9 Å². The molecule has 0 aromatic carbocycles. The molecule has 6 nitrogen and oxygen atoms in total. The molecule has 0 aliphatic carbocycles. The number of hydrogen-bond acceptors (Lipinski definition) is 3. The number of primary amides is 1. The van der Waals surface area contributed by atoms with E-state index in [1.54, 1.807) is 0 Å². The smallest absolute Gasteiger partial charge is 0.265 e. The normalized spacial score (nSPS) is 11.6. The van der Waals surface area contributed by atoms with Gasteiger partial charge >= 0.3 is 0 Å². The molecule has 0 radical (unpaired) electrons. The SMILES string of the molecule is CCCn1cc(S(N)(=O)=O)cc1C(N)=O.